The summed E-state index contributed by atoms with van der Waals surface area (Å²) >= 11 is 0. The molecule has 1 fully saturated rings. The number of hydrogen-bond donors (Lipinski definition) is 1. The smallest absolute Gasteiger partial charge is 0.306 e. The predicted octanol–water partition coefficient (Wildman–Crippen LogP) is 1.39. The minimum atomic E-state index is -0.638. The maximum atomic E-state index is 11.1. The molecule has 0 bridgehead atoms. The summed E-state index contributed by atoms with van der Waals surface area (Å²) in [5, 5.41) is 9.13. The number of aliphatic carboxylic acids is 1. The molecule has 0 heterocycles. The molecule has 4 heteroatoms. The lowest BCUT2D eigenvalue weighted by Gasteiger charge is -2.18. The molecular weight excluding hydrogens is 189 g/mol. The number of hydrogen-bond acceptors (Lipinski definition) is 2. The SMILES string of the molecule is [B]CCCC1CC(N(C)C)CC1C(=O)O. The van der Waals surface area contributed by atoms with Crippen LogP contribution in [-0.4, -0.2) is 44.0 Å². The third-order valence-electron chi connectivity index (χ3n) is 3.50. The second-order valence-electron chi connectivity index (χ2n) is 4.72. The molecule has 1 rings (SSSR count). The highest BCUT2D eigenvalue weighted by atomic mass is 16.4. The van der Waals surface area contributed by atoms with Crippen LogP contribution in [0.2, 0.25) is 6.32 Å². The van der Waals surface area contributed by atoms with E-state index < -0.39 is 5.97 Å². The van der Waals surface area contributed by atoms with Gasteiger partial charge >= 0.3 is 5.97 Å². The van der Waals surface area contributed by atoms with E-state index in [0.29, 0.717) is 18.3 Å². The fraction of sp³-hybridized carbons (Fsp3) is 0.909. The Morgan fingerprint density at radius 3 is 2.60 bits per heavy atom. The molecule has 2 radical (unpaired) electrons. The van der Waals surface area contributed by atoms with Gasteiger partial charge in [-0.05, 0) is 32.9 Å². The van der Waals surface area contributed by atoms with Crippen LogP contribution in [0.25, 0.3) is 0 Å². The van der Waals surface area contributed by atoms with E-state index in [1.807, 2.05) is 14.1 Å². The molecule has 0 spiro atoms. The molecule has 15 heavy (non-hydrogen) atoms. The van der Waals surface area contributed by atoms with Gasteiger partial charge in [-0.25, -0.2) is 0 Å². The molecule has 0 aromatic carbocycles. The molecule has 3 nitrogen and oxygen atoms in total. The molecule has 3 atom stereocenters. The number of rotatable bonds is 5. The summed E-state index contributed by atoms with van der Waals surface area (Å²) in [5.41, 5.74) is 0. The molecule has 84 valence electrons. The van der Waals surface area contributed by atoms with Crippen LogP contribution in [0.3, 0.4) is 0 Å². The average Bonchev–Trinajstić information content (AvgIpc) is 2.58. The summed E-state index contributed by atoms with van der Waals surface area (Å²) in [6.45, 7) is 0. The third-order valence-corrected chi connectivity index (χ3v) is 3.50. The third kappa shape index (κ3) is 3.23. The van der Waals surface area contributed by atoms with Gasteiger partial charge in [-0.15, -0.1) is 0 Å². The maximum Gasteiger partial charge on any atom is 0.306 e. The van der Waals surface area contributed by atoms with E-state index in [-0.39, 0.29) is 5.92 Å². The molecule has 1 N–H and O–H groups in total. The first-order valence-corrected chi connectivity index (χ1v) is 5.65. The van der Waals surface area contributed by atoms with Gasteiger partial charge in [-0.2, -0.15) is 0 Å². The van der Waals surface area contributed by atoms with Crippen molar-refractivity contribution in [2.45, 2.75) is 38.0 Å². The zero-order valence-corrected chi connectivity index (χ0v) is 9.65. The van der Waals surface area contributed by atoms with Gasteiger partial charge in [0.2, 0.25) is 0 Å². The lowest BCUT2D eigenvalue weighted by atomic mass is 9.88. The zero-order chi connectivity index (χ0) is 11.4. The van der Waals surface area contributed by atoms with Crippen molar-refractivity contribution in [3.63, 3.8) is 0 Å². The normalized spacial score (nSPS) is 31.0. The molecule has 1 aliphatic carbocycles. The van der Waals surface area contributed by atoms with Gasteiger partial charge in [0, 0.05) is 6.04 Å². The van der Waals surface area contributed by atoms with Gasteiger partial charge in [0.1, 0.15) is 0 Å². The highest BCUT2D eigenvalue weighted by Gasteiger charge is 2.38. The van der Waals surface area contributed by atoms with Crippen molar-refractivity contribution in [1.29, 1.82) is 0 Å². The van der Waals surface area contributed by atoms with Gasteiger partial charge < -0.3 is 10.0 Å². The van der Waals surface area contributed by atoms with E-state index in [1.165, 1.54) is 0 Å². The van der Waals surface area contributed by atoms with Crippen molar-refractivity contribution in [3.05, 3.63) is 0 Å². The molecule has 0 saturated heterocycles. The number of carboxylic acids is 1. The molecule has 3 unspecified atom stereocenters. The monoisotopic (exact) mass is 209 g/mol. The van der Waals surface area contributed by atoms with E-state index in [9.17, 15) is 4.79 Å². The average molecular weight is 209 g/mol. The van der Waals surface area contributed by atoms with E-state index in [2.05, 4.69) is 4.90 Å². The Morgan fingerprint density at radius 2 is 2.13 bits per heavy atom. The molecule has 0 aromatic heterocycles. The fourth-order valence-electron chi connectivity index (χ4n) is 2.52. The highest BCUT2D eigenvalue weighted by molar-refractivity contribution is 6.08. The molecule has 0 aromatic rings. The van der Waals surface area contributed by atoms with Crippen LogP contribution in [0, 0.1) is 11.8 Å². The summed E-state index contributed by atoms with van der Waals surface area (Å²) in [7, 11) is 9.51. The van der Waals surface area contributed by atoms with Gasteiger partial charge in [-0.1, -0.05) is 19.2 Å². The first kappa shape index (κ1) is 12.6. The highest BCUT2D eigenvalue weighted by Crippen LogP contribution is 2.37. The van der Waals surface area contributed by atoms with Gasteiger partial charge in [0.05, 0.1) is 13.8 Å². The van der Waals surface area contributed by atoms with Crippen molar-refractivity contribution in [2.75, 3.05) is 14.1 Å². The Labute approximate surface area is 93.3 Å². The van der Waals surface area contributed by atoms with Crippen molar-refractivity contribution >= 4 is 13.8 Å². The lowest BCUT2D eigenvalue weighted by Crippen LogP contribution is -2.25. The van der Waals surface area contributed by atoms with Crippen molar-refractivity contribution in [2.24, 2.45) is 11.8 Å². The Hall–Kier alpha value is -0.505. The quantitative estimate of drug-likeness (QED) is 0.695. The van der Waals surface area contributed by atoms with Crippen LogP contribution < -0.4 is 0 Å². The number of nitrogens with zero attached hydrogens (tertiary/aromatic N) is 1. The second kappa shape index (κ2) is 5.54. The van der Waals surface area contributed by atoms with Crippen LogP contribution >= 0.6 is 0 Å². The van der Waals surface area contributed by atoms with Crippen LogP contribution in [-0.2, 0) is 4.79 Å². The minimum Gasteiger partial charge on any atom is -0.481 e. The summed E-state index contributed by atoms with van der Waals surface area (Å²) in [6, 6.07) is 0.425. The summed E-state index contributed by atoms with van der Waals surface area (Å²) in [6.07, 6.45) is 4.35. The van der Waals surface area contributed by atoms with Gasteiger partial charge in [-0.3, -0.25) is 4.79 Å². The zero-order valence-electron chi connectivity index (χ0n) is 9.65. The molecule has 1 aliphatic rings. The first-order chi connectivity index (χ1) is 7.06. The van der Waals surface area contributed by atoms with Crippen molar-refractivity contribution in [3.8, 4) is 0 Å². The first-order valence-electron chi connectivity index (χ1n) is 5.65. The Bertz CT molecular complexity index is 221. The largest absolute Gasteiger partial charge is 0.481 e. The molecular formula is C11H20BNO2. The van der Waals surface area contributed by atoms with Crippen LogP contribution in [0.5, 0.6) is 0 Å². The fourth-order valence-corrected chi connectivity index (χ4v) is 2.52. The standard InChI is InChI=1S/C11H20BNO2/c1-13(2)9-6-8(4-3-5-12)10(7-9)11(14)15/h8-10H,3-7H2,1-2H3,(H,14,15). The van der Waals surface area contributed by atoms with Crippen molar-refractivity contribution < 1.29 is 9.90 Å². The van der Waals surface area contributed by atoms with E-state index in [1.54, 1.807) is 0 Å². The van der Waals surface area contributed by atoms with Crippen LogP contribution in [0.1, 0.15) is 25.7 Å². The number of carboxylic acid groups (broad SMARTS) is 1. The lowest BCUT2D eigenvalue weighted by molar-refractivity contribution is -0.143. The Morgan fingerprint density at radius 1 is 1.47 bits per heavy atom. The van der Waals surface area contributed by atoms with E-state index in [4.69, 9.17) is 13.0 Å². The molecule has 1 saturated carbocycles. The molecule has 0 amide bonds. The summed E-state index contributed by atoms with van der Waals surface area (Å²) < 4.78 is 0. The van der Waals surface area contributed by atoms with Gasteiger partial charge in [0.25, 0.3) is 0 Å². The number of carbonyl (C=O) groups is 1. The van der Waals surface area contributed by atoms with E-state index in [0.717, 1.165) is 25.7 Å². The van der Waals surface area contributed by atoms with Gasteiger partial charge in [0.15, 0.2) is 0 Å². The van der Waals surface area contributed by atoms with Crippen molar-refractivity contribution in [1.82, 2.24) is 4.90 Å². The van der Waals surface area contributed by atoms with Crippen LogP contribution in [0.15, 0.2) is 0 Å². The Kier molecular flexibility index (Phi) is 4.64. The Balaban J connectivity index is 2.55. The van der Waals surface area contributed by atoms with Crippen LogP contribution in [0.4, 0.5) is 0 Å². The molecule has 0 aliphatic heterocycles. The summed E-state index contributed by atoms with van der Waals surface area (Å²) in [5.74, 6) is -0.483. The second-order valence-corrected chi connectivity index (χ2v) is 4.72. The topological polar surface area (TPSA) is 40.5 Å². The van der Waals surface area contributed by atoms with E-state index >= 15 is 0 Å². The maximum absolute atomic E-state index is 11.1. The minimum absolute atomic E-state index is 0.163. The summed E-state index contributed by atoms with van der Waals surface area (Å²) in [4.78, 5) is 13.2. The predicted molar refractivity (Wildman–Crippen MR) is 61.1 cm³/mol.